The Morgan fingerprint density at radius 2 is 2.05 bits per heavy atom. The molecule has 0 spiro atoms. The van der Waals surface area contributed by atoms with Gasteiger partial charge in [0, 0.05) is 16.9 Å². The Morgan fingerprint density at radius 3 is 2.74 bits per heavy atom. The molecule has 1 aliphatic heterocycles. The van der Waals surface area contributed by atoms with Crippen molar-refractivity contribution < 1.29 is 19.4 Å². The molecule has 1 N–H and O–H groups in total. The van der Waals surface area contributed by atoms with Crippen LogP contribution < -0.4 is 0 Å². The predicted molar refractivity (Wildman–Crippen MR) is 68.2 cm³/mol. The summed E-state index contributed by atoms with van der Waals surface area (Å²) in [5.41, 5.74) is -0.142. The number of carbonyl (C=O) groups is 2. The third-order valence-electron chi connectivity index (χ3n) is 4.99. The SMILES string of the molecule is CC1=C2[C@@H]3OC(=O)[C@@](C)(O)[C@@H]3CC[C@@]2(C)C=CC1=O. The molecule has 0 amide bonds. The minimum absolute atomic E-state index is 0.0317. The number of carbonyl (C=O) groups excluding carboxylic acids is 2. The molecular weight excluding hydrogens is 244 g/mol. The van der Waals surface area contributed by atoms with Crippen LogP contribution in [-0.2, 0) is 14.3 Å². The van der Waals surface area contributed by atoms with Gasteiger partial charge in [-0.3, -0.25) is 4.79 Å². The first-order chi connectivity index (χ1) is 8.77. The van der Waals surface area contributed by atoms with Gasteiger partial charge in [0.25, 0.3) is 0 Å². The molecule has 3 rings (SSSR count). The van der Waals surface area contributed by atoms with E-state index < -0.39 is 17.7 Å². The summed E-state index contributed by atoms with van der Waals surface area (Å²) in [7, 11) is 0. The summed E-state index contributed by atoms with van der Waals surface area (Å²) in [6.07, 6.45) is 4.59. The van der Waals surface area contributed by atoms with Gasteiger partial charge in [-0.15, -0.1) is 0 Å². The Balaban J connectivity index is 2.12. The lowest BCUT2D eigenvalue weighted by molar-refractivity contribution is -0.153. The van der Waals surface area contributed by atoms with E-state index in [-0.39, 0.29) is 17.1 Å². The number of hydrogen-bond donors (Lipinski definition) is 1. The van der Waals surface area contributed by atoms with Crippen LogP contribution in [0.5, 0.6) is 0 Å². The molecule has 2 aliphatic carbocycles. The van der Waals surface area contributed by atoms with Crippen LogP contribution in [0.2, 0.25) is 0 Å². The van der Waals surface area contributed by atoms with Crippen molar-refractivity contribution in [2.75, 3.05) is 0 Å². The number of allylic oxidation sites excluding steroid dienone is 3. The summed E-state index contributed by atoms with van der Waals surface area (Å²) in [6.45, 7) is 5.35. The van der Waals surface area contributed by atoms with Crippen LogP contribution >= 0.6 is 0 Å². The molecule has 0 aromatic carbocycles. The number of esters is 1. The second kappa shape index (κ2) is 3.57. The number of fused-ring (bicyclic) bond motifs is 3. The molecule has 2 fully saturated rings. The second-order valence-corrected chi connectivity index (χ2v) is 6.27. The van der Waals surface area contributed by atoms with Gasteiger partial charge in [-0.25, -0.2) is 4.79 Å². The van der Waals surface area contributed by atoms with Crippen LogP contribution in [0, 0.1) is 11.3 Å². The third-order valence-corrected chi connectivity index (χ3v) is 4.99. The maximum Gasteiger partial charge on any atom is 0.338 e. The highest BCUT2D eigenvalue weighted by Gasteiger charge is 2.59. The first-order valence-corrected chi connectivity index (χ1v) is 6.65. The minimum atomic E-state index is -1.44. The standard InChI is InChI=1S/C15H18O4/c1-8-10(16)5-7-14(2)6-4-9-12(11(8)14)19-13(17)15(9,3)18/h5,7,9,12,18H,4,6H2,1-3H3/t9-,12-,14+,15+/m1/s1. The fourth-order valence-corrected chi connectivity index (χ4v) is 3.70. The van der Waals surface area contributed by atoms with E-state index in [0.29, 0.717) is 5.57 Å². The van der Waals surface area contributed by atoms with Crippen molar-refractivity contribution in [1.82, 2.24) is 0 Å². The van der Waals surface area contributed by atoms with Gasteiger partial charge >= 0.3 is 5.97 Å². The van der Waals surface area contributed by atoms with Crippen LogP contribution in [0.4, 0.5) is 0 Å². The molecule has 1 saturated carbocycles. The van der Waals surface area contributed by atoms with Gasteiger partial charge in [0.1, 0.15) is 6.10 Å². The molecule has 0 aromatic heterocycles. The first kappa shape index (κ1) is 12.6. The number of ether oxygens (including phenoxy) is 1. The molecule has 4 heteroatoms. The monoisotopic (exact) mass is 262 g/mol. The van der Waals surface area contributed by atoms with E-state index in [9.17, 15) is 14.7 Å². The van der Waals surface area contributed by atoms with Crippen molar-refractivity contribution in [1.29, 1.82) is 0 Å². The van der Waals surface area contributed by atoms with E-state index in [1.807, 2.05) is 6.08 Å². The molecule has 0 aromatic rings. The maximum atomic E-state index is 11.9. The summed E-state index contributed by atoms with van der Waals surface area (Å²) in [6, 6.07) is 0. The van der Waals surface area contributed by atoms with Gasteiger partial charge in [0.2, 0.25) is 0 Å². The Labute approximate surface area is 112 Å². The lowest BCUT2D eigenvalue weighted by Gasteiger charge is -2.43. The summed E-state index contributed by atoms with van der Waals surface area (Å²) < 4.78 is 5.40. The zero-order valence-electron chi connectivity index (χ0n) is 11.4. The maximum absolute atomic E-state index is 11.9. The van der Waals surface area contributed by atoms with Crippen molar-refractivity contribution in [3.63, 3.8) is 0 Å². The number of hydrogen-bond acceptors (Lipinski definition) is 4. The third kappa shape index (κ3) is 1.49. The van der Waals surface area contributed by atoms with Crippen LogP contribution in [-0.4, -0.2) is 28.6 Å². The van der Waals surface area contributed by atoms with Gasteiger partial charge < -0.3 is 9.84 Å². The smallest absolute Gasteiger partial charge is 0.338 e. The van der Waals surface area contributed by atoms with Crippen LogP contribution in [0.15, 0.2) is 23.3 Å². The molecule has 1 saturated heterocycles. The van der Waals surface area contributed by atoms with E-state index in [0.717, 1.165) is 18.4 Å². The fraction of sp³-hybridized carbons (Fsp3) is 0.600. The van der Waals surface area contributed by atoms with Crippen molar-refractivity contribution in [3.8, 4) is 0 Å². The highest BCUT2D eigenvalue weighted by atomic mass is 16.6. The average molecular weight is 262 g/mol. The average Bonchev–Trinajstić information content (AvgIpc) is 2.55. The molecule has 0 radical (unpaired) electrons. The molecule has 102 valence electrons. The molecule has 1 heterocycles. The van der Waals surface area contributed by atoms with Gasteiger partial charge in [-0.05, 0) is 38.3 Å². The van der Waals surface area contributed by atoms with E-state index in [4.69, 9.17) is 4.74 Å². The topological polar surface area (TPSA) is 63.6 Å². The Morgan fingerprint density at radius 1 is 1.37 bits per heavy atom. The van der Waals surface area contributed by atoms with Crippen molar-refractivity contribution in [2.45, 2.75) is 45.3 Å². The Hall–Kier alpha value is -1.42. The first-order valence-electron chi connectivity index (χ1n) is 6.65. The van der Waals surface area contributed by atoms with E-state index in [1.54, 1.807) is 13.0 Å². The summed E-state index contributed by atoms with van der Waals surface area (Å²) in [5.74, 6) is -0.859. The van der Waals surface area contributed by atoms with E-state index in [1.165, 1.54) is 6.92 Å². The fourth-order valence-electron chi connectivity index (χ4n) is 3.70. The zero-order chi connectivity index (χ0) is 14.0. The Bertz CT molecular complexity index is 540. The predicted octanol–water partition coefficient (Wildman–Crippen LogP) is 1.53. The molecule has 19 heavy (non-hydrogen) atoms. The second-order valence-electron chi connectivity index (χ2n) is 6.27. The van der Waals surface area contributed by atoms with Gasteiger partial charge in [-0.2, -0.15) is 0 Å². The van der Waals surface area contributed by atoms with Crippen LogP contribution in [0.1, 0.15) is 33.6 Å². The minimum Gasteiger partial charge on any atom is -0.455 e. The molecular formula is C15H18O4. The quantitative estimate of drug-likeness (QED) is 0.672. The zero-order valence-corrected chi connectivity index (χ0v) is 11.4. The van der Waals surface area contributed by atoms with Gasteiger partial charge in [0.05, 0.1) is 0 Å². The summed E-state index contributed by atoms with van der Waals surface area (Å²) in [4.78, 5) is 23.7. The highest BCUT2D eigenvalue weighted by Crippen LogP contribution is 2.53. The highest BCUT2D eigenvalue weighted by molar-refractivity contribution is 6.05. The van der Waals surface area contributed by atoms with Crippen LogP contribution in [0.3, 0.4) is 0 Å². The number of aliphatic hydroxyl groups is 1. The molecule has 0 unspecified atom stereocenters. The summed E-state index contributed by atoms with van der Waals surface area (Å²) >= 11 is 0. The van der Waals surface area contributed by atoms with E-state index >= 15 is 0 Å². The largest absolute Gasteiger partial charge is 0.455 e. The van der Waals surface area contributed by atoms with E-state index in [2.05, 4.69) is 6.92 Å². The van der Waals surface area contributed by atoms with Crippen molar-refractivity contribution in [3.05, 3.63) is 23.3 Å². The van der Waals surface area contributed by atoms with Gasteiger partial charge in [-0.1, -0.05) is 13.0 Å². The molecule has 4 nitrogen and oxygen atoms in total. The van der Waals surface area contributed by atoms with Gasteiger partial charge in [0.15, 0.2) is 11.4 Å². The lowest BCUT2D eigenvalue weighted by Crippen LogP contribution is -2.45. The van der Waals surface area contributed by atoms with Crippen molar-refractivity contribution in [2.24, 2.45) is 11.3 Å². The Kier molecular flexibility index (Phi) is 2.37. The lowest BCUT2D eigenvalue weighted by atomic mass is 9.61. The van der Waals surface area contributed by atoms with Crippen molar-refractivity contribution >= 4 is 11.8 Å². The molecule has 4 atom stereocenters. The molecule has 3 aliphatic rings. The number of ketones is 1. The summed E-state index contributed by atoms with van der Waals surface area (Å²) in [5, 5.41) is 10.3. The van der Waals surface area contributed by atoms with Crippen LogP contribution in [0.25, 0.3) is 0 Å². The number of rotatable bonds is 0. The molecule has 0 bridgehead atoms. The normalized spacial score (nSPS) is 45.1.